The number of hydrogen-bond donors (Lipinski definition) is 2. The molecule has 0 aliphatic heterocycles. The van der Waals surface area contributed by atoms with Gasteiger partial charge in [-0.05, 0) is 29.7 Å². The van der Waals surface area contributed by atoms with Gasteiger partial charge in [0.05, 0.1) is 6.61 Å². The highest BCUT2D eigenvalue weighted by Gasteiger charge is 2.08. The fourth-order valence-corrected chi connectivity index (χ4v) is 1.46. The Morgan fingerprint density at radius 1 is 1.54 bits per heavy atom. The minimum atomic E-state index is -0.0409. The lowest BCUT2D eigenvalue weighted by molar-refractivity contribution is 0.280. The van der Waals surface area contributed by atoms with E-state index in [0.29, 0.717) is 5.02 Å². The monoisotopic (exact) mass is 199 g/mol. The summed E-state index contributed by atoms with van der Waals surface area (Å²) in [5, 5.41) is 9.72. The molecule has 3 N–H and O–H groups in total. The van der Waals surface area contributed by atoms with Gasteiger partial charge in [-0.25, -0.2) is 0 Å². The topological polar surface area (TPSA) is 46.2 Å². The smallest absolute Gasteiger partial charge is 0.0685 e. The molecular formula is C10H14ClNO. The van der Waals surface area contributed by atoms with Gasteiger partial charge in [0.15, 0.2) is 0 Å². The SMILES string of the molecule is CC[C@H](N)c1cc(Cl)ccc1CO. The van der Waals surface area contributed by atoms with Crippen LogP contribution in [0.2, 0.25) is 5.02 Å². The van der Waals surface area contributed by atoms with Crippen molar-refractivity contribution in [2.45, 2.75) is 26.0 Å². The maximum Gasteiger partial charge on any atom is 0.0685 e. The van der Waals surface area contributed by atoms with Crippen LogP contribution in [0, 0.1) is 0 Å². The molecule has 0 spiro atoms. The molecule has 0 unspecified atom stereocenters. The van der Waals surface area contributed by atoms with Gasteiger partial charge in [-0.15, -0.1) is 0 Å². The van der Waals surface area contributed by atoms with Gasteiger partial charge < -0.3 is 10.8 Å². The molecule has 72 valence electrons. The Balaban J connectivity index is 3.07. The first-order valence-electron chi connectivity index (χ1n) is 4.33. The second kappa shape index (κ2) is 4.61. The minimum Gasteiger partial charge on any atom is -0.392 e. The molecule has 1 rings (SSSR count). The molecule has 0 aliphatic rings. The Labute approximate surface area is 83.3 Å². The highest BCUT2D eigenvalue weighted by atomic mass is 35.5. The van der Waals surface area contributed by atoms with Gasteiger partial charge in [0.1, 0.15) is 0 Å². The van der Waals surface area contributed by atoms with E-state index >= 15 is 0 Å². The molecule has 1 atom stereocenters. The lowest BCUT2D eigenvalue weighted by Crippen LogP contribution is -2.11. The third-order valence-electron chi connectivity index (χ3n) is 2.12. The molecule has 0 aliphatic carbocycles. The number of hydrogen-bond acceptors (Lipinski definition) is 2. The first-order valence-corrected chi connectivity index (χ1v) is 4.71. The third-order valence-corrected chi connectivity index (χ3v) is 2.35. The molecule has 0 fully saturated rings. The standard InChI is InChI=1S/C10H14ClNO/c1-2-10(12)9-5-8(11)4-3-7(9)6-13/h3-5,10,13H,2,6,12H2,1H3/t10-/m0/s1. The van der Waals surface area contributed by atoms with Crippen LogP contribution in [-0.2, 0) is 6.61 Å². The van der Waals surface area contributed by atoms with Crippen LogP contribution in [0.4, 0.5) is 0 Å². The maximum absolute atomic E-state index is 9.06. The minimum absolute atomic E-state index is 0.0141. The zero-order chi connectivity index (χ0) is 9.84. The van der Waals surface area contributed by atoms with Crippen molar-refractivity contribution in [3.05, 3.63) is 34.3 Å². The van der Waals surface area contributed by atoms with E-state index < -0.39 is 0 Å². The average molecular weight is 200 g/mol. The van der Waals surface area contributed by atoms with Crippen molar-refractivity contribution >= 4 is 11.6 Å². The quantitative estimate of drug-likeness (QED) is 0.785. The Bertz CT molecular complexity index is 288. The fraction of sp³-hybridized carbons (Fsp3) is 0.400. The van der Waals surface area contributed by atoms with Crippen LogP contribution in [-0.4, -0.2) is 5.11 Å². The van der Waals surface area contributed by atoms with Gasteiger partial charge in [0, 0.05) is 11.1 Å². The van der Waals surface area contributed by atoms with E-state index in [0.717, 1.165) is 17.5 Å². The van der Waals surface area contributed by atoms with E-state index in [2.05, 4.69) is 0 Å². The first-order chi connectivity index (χ1) is 6.19. The summed E-state index contributed by atoms with van der Waals surface area (Å²) in [6, 6.07) is 5.36. The Morgan fingerprint density at radius 2 is 2.23 bits per heavy atom. The molecule has 1 aromatic rings. The summed E-state index contributed by atoms with van der Waals surface area (Å²) in [6.45, 7) is 2.02. The predicted molar refractivity (Wildman–Crippen MR) is 54.6 cm³/mol. The van der Waals surface area contributed by atoms with Crippen LogP contribution in [0.25, 0.3) is 0 Å². The predicted octanol–water partition coefficient (Wildman–Crippen LogP) is 2.24. The molecule has 0 heterocycles. The molecule has 0 amide bonds. The van der Waals surface area contributed by atoms with E-state index in [1.54, 1.807) is 6.07 Å². The highest BCUT2D eigenvalue weighted by molar-refractivity contribution is 6.30. The van der Waals surface area contributed by atoms with Gasteiger partial charge in [-0.2, -0.15) is 0 Å². The van der Waals surface area contributed by atoms with Crippen LogP contribution >= 0.6 is 11.6 Å². The van der Waals surface area contributed by atoms with Gasteiger partial charge in [0.2, 0.25) is 0 Å². The normalized spacial score (nSPS) is 12.9. The van der Waals surface area contributed by atoms with Crippen molar-refractivity contribution in [1.82, 2.24) is 0 Å². The fourth-order valence-electron chi connectivity index (χ4n) is 1.27. The molecule has 1 aromatic carbocycles. The summed E-state index contributed by atoms with van der Waals surface area (Å²) >= 11 is 5.84. The first kappa shape index (κ1) is 10.5. The molecule has 3 heteroatoms. The number of nitrogens with two attached hydrogens (primary N) is 1. The molecule has 13 heavy (non-hydrogen) atoms. The van der Waals surface area contributed by atoms with Crippen molar-refractivity contribution in [3.8, 4) is 0 Å². The maximum atomic E-state index is 9.06. The van der Waals surface area contributed by atoms with Crippen molar-refractivity contribution in [2.75, 3.05) is 0 Å². The lowest BCUT2D eigenvalue weighted by atomic mass is 10.00. The van der Waals surface area contributed by atoms with Crippen LogP contribution < -0.4 is 5.73 Å². The molecule has 2 nitrogen and oxygen atoms in total. The van der Waals surface area contributed by atoms with Crippen LogP contribution in [0.5, 0.6) is 0 Å². The number of halogens is 1. The summed E-state index contributed by atoms with van der Waals surface area (Å²) < 4.78 is 0. The van der Waals surface area contributed by atoms with E-state index in [1.165, 1.54) is 0 Å². The number of aliphatic hydroxyl groups excluding tert-OH is 1. The molecule has 0 aromatic heterocycles. The van der Waals surface area contributed by atoms with E-state index in [-0.39, 0.29) is 12.6 Å². The van der Waals surface area contributed by atoms with E-state index in [4.69, 9.17) is 22.4 Å². The Morgan fingerprint density at radius 3 is 2.77 bits per heavy atom. The summed E-state index contributed by atoms with van der Waals surface area (Å²) in [5.41, 5.74) is 7.67. The van der Waals surface area contributed by atoms with Crippen molar-refractivity contribution in [1.29, 1.82) is 0 Å². The Hall–Kier alpha value is -0.570. The second-order valence-corrected chi connectivity index (χ2v) is 3.45. The van der Waals surface area contributed by atoms with Gasteiger partial charge >= 0.3 is 0 Å². The van der Waals surface area contributed by atoms with Gasteiger partial charge in [-0.1, -0.05) is 24.6 Å². The molecular weight excluding hydrogens is 186 g/mol. The highest BCUT2D eigenvalue weighted by Crippen LogP contribution is 2.22. The van der Waals surface area contributed by atoms with Crippen LogP contribution in [0.15, 0.2) is 18.2 Å². The van der Waals surface area contributed by atoms with E-state index in [1.807, 2.05) is 19.1 Å². The number of rotatable bonds is 3. The van der Waals surface area contributed by atoms with Crippen LogP contribution in [0.3, 0.4) is 0 Å². The molecule has 0 radical (unpaired) electrons. The Kier molecular flexibility index (Phi) is 3.72. The largest absolute Gasteiger partial charge is 0.392 e. The number of benzene rings is 1. The van der Waals surface area contributed by atoms with Crippen molar-refractivity contribution < 1.29 is 5.11 Å². The summed E-state index contributed by atoms with van der Waals surface area (Å²) in [6.07, 6.45) is 0.841. The summed E-state index contributed by atoms with van der Waals surface area (Å²) in [7, 11) is 0. The van der Waals surface area contributed by atoms with Crippen molar-refractivity contribution in [2.24, 2.45) is 5.73 Å². The average Bonchev–Trinajstić information content (AvgIpc) is 2.16. The second-order valence-electron chi connectivity index (χ2n) is 3.02. The summed E-state index contributed by atoms with van der Waals surface area (Å²) in [4.78, 5) is 0. The lowest BCUT2D eigenvalue weighted by Gasteiger charge is -2.13. The van der Waals surface area contributed by atoms with Crippen molar-refractivity contribution in [3.63, 3.8) is 0 Å². The van der Waals surface area contributed by atoms with E-state index in [9.17, 15) is 0 Å². The van der Waals surface area contributed by atoms with Crippen LogP contribution in [0.1, 0.15) is 30.5 Å². The van der Waals surface area contributed by atoms with Gasteiger partial charge in [-0.3, -0.25) is 0 Å². The molecule has 0 saturated heterocycles. The molecule has 0 saturated carbocycles. The zero-order valence-corrected chi connectivity index (χ0v) is 8.38. The summed E-state index contributed by atoms with van der Waals surface area (Å²) in [5.74, 6) is 0. The third kappa shape index (κ3) is 2.44. The zero-order valence-electron chi connectivity index (χ0n) is 7.63. The van der Waals surface area contributed by atoms with Gasteiger partial charge in [0.25, 0.3) is 0 Å². The number of aliphatic hydroxyl groups is 1. The molecule has 0 bridgehead atoms.